The number of rotatable bonds is 6. The van der Waals surface area contributed by atoms with Gasteiger partial charge in [0.15, 0.2) is 0 Å². The smallest absolute Gasteiger partial charge is 0.252 e. The quantitative estimate of drug-likeness (QED) is 0.730. The van der Waals surface area contributed by atoms with Crippen LogP contribution in [-0.2, 0) is 6.42 Å². The molecule has 0 spiro atoms. The van der Waals surface area contributed by atoms with Crippen molar-refractivity contribution in [3.63, 3.8) is 0 Å². The third-order valence-corrected chi connectivity index (χ3v) is 4.59. The summed E-state index contributed by atoms with van der Waals surface area (Å²) in [4.78, 5) is 22.4. The first-order valence-corrected chi connectivity index (χ1v) is 8.38. The van der Waals surface area contributed by atoms with Crippen molar-refractivity contribution in [2.75, 3.05) is 32.5 Å². The van der Waals surface area contributed by atoms with Gasteiger partial charge in [-0.2, -0.15) is 0 Å². The monoisotopic (exact) mass is 328 g/mol. The summed E-state index contributed by atoms with van der Waals surface area (Å²) in [7, 11) is 4.02. The van der Waals surface area contributed by atoms with E-state index in [1.54, 1.807) is 17.4 Å². The van der Waals surface area contributed by atoms with Gasteiger partial charge in [-0.25, -0.2) is 4.98 Å². The van der Waals surface area contributed by atoms with E-state index in [9.17, 15) is 4.79 Å². The Labute approximate surface area is 139 Å². The first-order chi connectivity index (χ1) is 11.1. The lowest BCUT2D eigenvalue weighted by Gasteiger charge is -2.11. The number of hydrogen-bond acceptors (Lipinski definition) is 5. The van der Waals surface area contributed by atoms with Crippen LogP contribution in [0.2, 0.25) is 0 Å². The van der Waals surface area contributed by atoms with Crippen LogP contribution in [0.4, 0.5) is 5.95 Å². The summed E-state index contributed by atoms with van der Waals surface area (Å²) >= 11 is 1.75. The summed E-state index contributed by atoms with van der Waals surface area (Å²) in [6.07, 6.45) is 0.672. The second-order valence-electron chi connectivity index (χ2n) is 5.74. The van der Waals surface area contributed by atoms with Gasteiger partial charge in [-0.05, 0) is 31.6 Å². The van der Waals surface area contributed by atoms with Crippen molar-refractivity contribution < 1.29 is 0 Å². The van der Waals surface area contributed by atoms with E-state index in [4.69, 9.17) is 0 Å². The van der Waals surface area contributed by atoms with Crippen molar-refractivity contribution in [2.45, 2.75) is 6.42 Å². The average Bonchev–Trinajstić information content (AvgIpc) is 2.88. The average molecular weight is 328 g/mol. The Balaban J connectivity index is 1.76. The standard InChI is InChI=1S/C17H20N4OS/c1-21(2)8-7-18-17-19-13(11-16(22)20-17)10-14-9-12-5-3-4-6-15(12)23-14/h3-6,9,11H,7-8,10H2,1-2H3,(H2,18,19,20,22). The number of aromatic amines is 1. The third kappa shape index (κ3) is 4.18. The minimum absolute atomic E-state index is 0.122. The van der Waals surface area contributed by atoms with Gasteiger partial charge in [0, 0.05) is 35.2 Å². The highest BCUT2D eigenvalue weighted by Gasteiger charge is 2.06. The topological polar surface area (TPSA) is 61.0 Å². The first kappa shape index (κ1) is 15.7. The summed E-state index contributed by atoms with van der Waals surface area (Å²) in [5, 5.41) is 4.40. The Morgan fingerprint density at radius 1 is 1.26 bits per heavy atom. The highest BCUT2D eigenvalue weighted by atomic mass is 32.1. The van der Waals surface area contributed by atoms with Gasteiger partial charge >= 0.3 is 0 Å². The Hall–Kier alpha value is -2.18. The SMILES string of the molecule is CN(C)CCNc1nc(Cc2cc3ccccc3s2)cc(=O)[nH]1. The van der Waals surface area contributed by atoms with Crippen LogP contribution < -0.4 is 10.9 Å². The zero-order valence-electron chi connectivity index (χ0n) is 13.3. The van der Waals surface area contributed by atoms with Gasteiger partial charge in [-0.1, -0.05) is 18.2 Å². The maximum atomic E-state index is 11.8. The van der Waals surface area contributed by atoms with Gasteiger partial charge in [0.25, 0.3) is 5.56 Å². The first-order valence-electron chi connectivity index (χ1n) is 7.56. The molecule has 0 aliphatic heterocycles. The predicted octanol–water partition coefficient (Wildman–Crippen LogP) is 2.55. The molecule has 2 heterocycles. The lowest BCUT2D eigenvalue weighted by molar-refractivity contribution is 0.425. The van der Waals surface area contributed by atoms with Crippen molar-refractivity contribution in [1.29, 1.82) is 0 Å². The molecular formula is C17H20N4OS. The highest BCUT2D eigenvalue weighted by Crippen LogP contribution is 2.26. The van der Waals surface area contributed by atoms with Crippen LogP contribution in [-0.4, -0.2) is 42.1 Å². The Bertz CT molecular complexity index is 820. The molecule has 5 nitrogen and oxygen atoms in total. The van der Waals surface area contributed by atoms with E-state index in [1.807, 2.05) is 26.2 Å². The molecule has 0 saturated heterocycles. The molecule has 0 radical (unpaired) electrons. The van der Waals surface area contributed by atoms with Gasteiger partial charge in [0.2, 0.25) is 5.95 Å². The van der Waals surface area contributed by atoms with E-state index < -0.39 is 0 Å². The molecule has 23 heavy (non-hydrogen) atoms. The van der Waals surface area contributed by atoms with Gasteiger partial charge in [-0.15, -0.1) is 11.3 Å². The normalized spacial score (nSPS) is 11.3. The molecule has 0 aliphatic carbocycles. The second kappa shape index (κ2) is 6.93. The zero-order valence-corrected chi connectivity index (χ0v) is 14.1. The number of nitrogens with zero attached hydrogens (tertiary/aromatic N) is 2. The number of hydrogen-bond donors (Lipinski definition) is 2. The number of benzene rings is 1. The van der Waals surface area contributed by atoms with E-state index in [-0.39, 0.29) is 5.56 Å². The van der Waals surface area contributed by atoms with Crippen LogP contribution in [0.1, 0.15) is 10.6 Å². The minimum Gasteiger partial charge on any atom is -0.354 e. The van der Waals surface area contributed by atoms with Crippen LogP contribution in [0.15, 0.2) is 41.2 Å². The number of fused-ring (bicyclic) bond motifs is 1. The number of thiophene rings is 1. The number of anilines is 1. The molecule has 0 atom stereocenters. The molecule has 3 aromatic rings. The number of H-pyrrole nitrogens is 1. The number of likely N-dealkylation sites (N-methyl/N-ethyl adjacent to an activating group) is 1. The van der Waals surface area contributed by atoms with Crippen LogP contribution >= 0.6 is 11.3 Å². The van der Waals surface area contributed by atoms with Crippen LogP contribution in [0.5, 0.6) is 0 Å². The lowest BCUT2D eigenvalue weighted by Crippen LogP contribution is -2.23. The Kier molecular flexibility index (Phi) is 4.73. The largest absolute Gasteiger partial charge is 0.354 e. The Morgan fingerprint density at radius 2 is 2.09 bits per heavy atom. The summed E-state index contributed by atoms with van der Waals surface area (Å²) in [6.45, 7) is 1.62. The lowest BCUT2D eigenvalue weighted by atomic mass is 10.2. The molecule has 6 heteroatoms. The molecule has 0 amide bonds. The molecule has 0 unspecified atom stereocenters. The van der Waals surface area contributed by atoms with Crippen LogP contribution in [0, 0.1) is 0 Å². The fourth-order valence-corrected chi connectivity index (χ4v) is 3.46. The Morgan fingerprint density at radius 3 is 2.87 bits per heavy atom. The van der Waals surface area contributed by atoms with E-state index in [1.165, 1.54) is 15.0 Å². The van der Waals surface area contributed by atoms with Crippen LogP contribution in [0.3, 0.4) is 0 Å². The molecular weight excluding hydrogens is 308 g/mol. The van der Waals surface area contributed by atoms with E-state index >= 15 is 0 Å². The zero-order chi connectivity index (χ0) is 16.2. The van der Waals surface area contributed by atoms with Crippen molar-refractivity contribution in [1.82, 2.24) is 14.9 Å². The molecule has 120 valence electrons. The van der Waals surface area contributed by atoms with Crippen molar-refractivity contribution >= 4 is 27.4 Å². The van der Waals surface area contributed by atoms with Crippen molar-refractivity contribution in [2.24, 2.45) is 0 Å². The minimum atomic E-state index is -0.122. The summed E-state index contributed by atoms with van der Waals surface area (Å²) < 4.78 is 1.26. The summed E-state index contributed by atoms with van der Waals surface area (Å²) in [6, 6.07) is 12.0. The molecule has 2 N–H and O–H groups in total. The van der Waals surface area contributed by atoms with Gasteiger partial charge in [0.05, 0.1) is 5.69 Å². The van der Waals surface area contributed by atoms with Crippen LogP contribution in [0.25, 0.3) is 10.1 Å². The van der Waals surface area contributed by atoms with E-state index in [0.29, 0.717) is 12.4 Å². The van der Waals surface area contributed by atoms with Gasteiger partial charge in [-0.3, -0.25) is 9.78 Å². The fraction of sp³-hybridized carbons (Fsp3) is 0.294. The van der Waals surface area contributed by atoms with Crippen molar-refractivity contribution in [3.8, 4) is 0 Å². The molecule has 3 rings (SSSR count). The van der Waals surface area contributed by atoms with Gasteiger partial charge in [0.1, 0.15) is 0 Å². The maximum absolute atomic E-state index is 11.8. The van der Waals surface area contributed by atoms with Crippen molar-refractivity contribution in [3.05, 3.63) is 57.3 Å². The molecule has 0 bridgehead atoms. The predicted molar refractivity (Wildman–Crippen MR) is 96.5 cm³/mol. The highest BCUT2D eigenvalue weighted by molar-refractivity contribution is 7.19. The molecule has 0 fully saturated rings. The number of aromatic nitrogens is 2. The fourth-order valence-electron chi connectivity index (χ4n) is 2.38. The molecule has 2 aromatic heterocycles. The van der Waals surface area contributed by atoms with E-state index in [0.717, 1.165) is 18.8 Å². The molecule has 1 aromatic carbocycles. The maximum Gasteiger partial charge on any atom is 0.252 e. The second-order valence-corrected chi connectivity index (χ2v) is 6.91. The van der Waals surface area contributed by atoms with E-state index in [2.05, 4.69) is 38.4 Å². The molecule has 0 aliphatic rings. The summed E-state index contributed by atoms with van der Waals surface area (Å²) in [5.41, 5.74) is 0.663. The molecule has 0 saturated carbocycles. The third-order valence-electron chi connectivity index (χ3n) is 3.48. The summed E-state index contributed by atoms with van der Waals surface area (Å²) in [5.74, 6) is 0.537. The van der Waals surface area contributed by atoms with Gasteiger partial charge < -0.3 is 10.2 Å². The number of nitrogens with one attached hydrogen (secondary N) is 2.